The monoisotopic (exact) mass is 294 g/mol. The lowest BCUT2D eigenvalue weighted by Crippen LogP contribution is -2.26. The average Bonchev–Trinajstić information content (AvgIpc) is 2.30. The Morgan fingerprint density at radius 2 is 1.88 bits per heavy atom. The molecule has 0 aromatic heterocycles. The van der Waals surface area contributed by atoms with Crippen molar-refractivity contribution in [2.45, 2.75) is 30.4 Å². The van der Waals surface area contributed by atoms with E-state index in [1.807, 2.05) is 0 Å². The van der Waals surface area contributed by atoms with E-state index in [2.05, 4.69) is 0 Å². The van der Waals surface area contributed by atoms with Crippen LogP contribution in [0.5, 0.6) is 0 Å². The summed E-state index contributed by atoms with van der Waals surface area (Å²) in [7, 11) is -3.68. The number of rotatable bonds is 4. The number of hydrogen-bond donors (Lipinski definition) is 0. The minimum atomic E-state index is -3.68. The fourth-order valence-electron chi connectivity index (χ4n) is 1.32. The van der Waals surface area contributed by atoms with Gasteiger partial charge in [0, 0.05) is 6.42 Å². The Morgan fingerprint density at radius 3 is 2.35 bits per heavy atom. The van der Waals surface area contributed by atoms with Gasteiger partial charge in [-0.05, 0) is 25.1 Å². The van der Waals surface area contributed by atoms with Crippen LogP contribution in [-0.2, 0) is 14.6 Å². The van der Waals surface area contributed by atoms with Crippen molar-refractivity contribution < 1.29 is 13.2 Å². The smallest absolute Gasteiger partial charge is 0.188 e. The Hall–Kier alpha value is -0.580. The van der Waals surface area contributed by atoms with Crippen LogP contribution in [0.25, 0.3) is 0 Å². The lowest BCUT2D eigenvalue weighted by atomic mass is 10.2. The van der Waals surface area contributed by atoms with Crippen molar-refractivity contribution in [3.05, 3.63) is 28.2 Å². The van der Waals surface area contributed by atoms with Crippen molar-refractivity contribution in [3.8, 4) is 0 Å². The average molecular weight is 295 g/mol. The van der Waals surface area contributed by atoms with Crippen LogP contribution in [-0.4, -0.2) is 19.5 Å². The lowest BCUT2D eigenvalue weighted by Gasteiger charge is -2.11. The summed E-state index contributed by atoms with van der Waals surface area (Å²) in [6, 6.07) is 4.02. The quantitative estimate of drug-likeness (QED) is 0.857. The molecule has 0 N–H and O–H groups in total. The zero-order valence-electron chi connectivity index (χ0n) is 9.41. The first-order valence-corrected chi connectivity index (χ1v) is 7.32. The first kappa shape index (κ1) is 14.5. The van der Waals surface area contributed by atoms with E-state index in [0.717, 1.165) is 0 Å². The van der Waals surface area contributed by atoms with Crippen molar-refractivity contribution in [3.63, 3.8) is 0 Å². The highest BCUT2D eigenvalue weighted by molar-refractivity contribution is 7.92. The number of benzene rings is 1. The van der Waals surface area contributed by atoms with E-state index in [4.69, 9.17) is 23.2 Å². The predicted molar refractivity (Wildman–Crippen MR) is 68.4 cm³/mol. The van der Waals surface area contributed by atoms with Crippen molar-refractivity contribution in [1.82, 2.24) is 0 Å². The molecule has 3 nitrogen and oxygen atoms in total. The summed E-state index contributed by atoms with van der Waals surface area (Å²) in [5.74, 6) is -0.323. The maximum absolute atomic E-state index is 12.1. The van der Waals surface area contributed by atoms with Gasteiger partial charge in [-0.3, -0.25) is 4.79 Å². The molecule has 1 atom stereocenters. The summed E-state index contributed by atoms with van der Waals surface area (Å²) >= 11 is 11.5. The van der Waals surface area contributed by atoms with E-state index in [1.54, 1.807) is 6.92 Å². The van der Waals surface area contributed by atoms with Crippen LogP contribution in [0.3, 0.4) is 0 Å². The third-order valence-electron chi connectivity index (χ3n) is 2.49. The molecule has 94 valence electrons. The SMILES string of the molecule is CCC(=O)C(C)S(=O)(=O)c1ccc(Cl)c(Cl)c1. The molecule has 0 spiro atoms. The molecule has 0 heterocycles. The number of ketones is 1. The normalized spacial score (nSPS) is 13.4. The van der Waals surface area contributed by atoms with Crippen LogP contribution < -0.4 is 0 Å². The van der Waals surface area contributed by atoms with Gasteiger partial charge < -0.3 is 0 Å². The van der Waals surface area contributed by atoms with Crippen molar-refractivity contribution in [2.75, 3.05) is 0 Å². The van der Waals surface area contributed by atoms with E-state index in [9.17, 15) is 13.2 Å². The second-order valence-corrected chi connectivity index (χ2v) is 6.67. The molecule has 1 rings (SSSR count). The summed E-state index contributed by atoms with van der Waals surface area (Å²) in [4.78, 5) is 11.5. The third kappa shape index (κ3) is 3.00. The van der Waals surface area contributed by atoms with Gasteiger partial charge >= 0.3 is 0 Å². The molecule has 0 fully saturated rings. The van der Waals surface area contributed by atoms with Gasteiger partial charge in [0.2, 0.25) is 0 Å². The highest BCUT2D eigenvalue weighted by Crippen LogP contribution is 2.27. The number of hydrogen-bond acceptors (Lipinski definition) is 3. The van der Waals surface area contributed by atoms with Crippen molar-refractivity contribution in [1.29, 1.82) is 0 Å². The van der Waals surface area contributed by atoms with E-state index in [0.29, 0.717) is 0 Å². The Labute approximate surface area is 111 Å². The van der Waals surface area contributed by atoms with E-state index >= 15 is 0 Å². The highest BCUT2D eigenvalue weighted by Gasteiger charge is 2.28. The molecule has 1 unspecified atom stereocenters. The van der Waals surface area contributed by atoms with Crippen LogP contribution >= 0.6 is 23.2 Å². The Morgan fingerprint density at radius 1 is 1.29 bits per heavy atom. The van der Waals surface area contributed by atoms with Gasteiger partial charge in [-0.25, -0.2) is 8.42 Å². The molecule has 0 bridgehead atoms. The van der Waals surface area contributed by atoms with Crippen LogP contribution in [0, 0.1) is 0 Å². The molecule has 0 saturated heterocycles. The predicted octanol–water partition coefficient (Wildman–Crippen LogP) is 3.13. The topological polar surface area (TPSA) is 51.2 Å². The summed E-state index contributed by atoms with van der Waals surface area (Å²) in [5, 5.41) is -0.631. The molecule has 0 aliphatic rings. The Balaban J connectivity index is 3.22. The highest BCUT2D eigenvalue weighted by atomic mass is 35.5. The van der Waals surface area contributed by atoms with Gasteiger partial charge in [0.05, 0.1) is 14.9 Å². The number of halogens is 2. The largest absolute Gasteiger partial charge is 0.298 e. The minimum absolute atomic E-state index is 0.0150. The molecule has 0 saturated carbocycles. The van der Waals surface area contributed by atoms with Crippen LogP contribution in [0.4, 0.5) is 0 Å². The molecule has 0 amide bonds. The number of carbonyl (C=O) groups excluding carboxylic acids is 1. The van der Waals surface area contributed by atoms with Crippen molar-refractivity contribution in [2.24, 2.45) is 0 Å². The molecule has 6 heteroatoms. The molecule has 17 heavy (non-hydrogen) atoms. The Kier molecular flexibility index (Phi) is 4.58. The van der Waals surface area contributed by atoms with E-state index in [1.165, 1.54) is 25.1 Å². The summed E-state index contributed by atoms with van der Waals surface area (Å²) < 4.78 is 24.1. The van der Waals surface area contributed by atoms with Gasteiger partial charge in [0.1, 0.15) is 5.25 Å². The maximum atomic E-state index is 12.1. The summed E-state index contributed by atoms with van der Waals surface area (Å²) in [6.45, 7) is 3.01. The molecular formula is C11H12Cl2O3S. The van der Waals surface area contributed by atoms with Gasteiger partial charge in [-0.2, -0.15) is 0 Å². The van der Waals surface area contributed by atoms with E-state index < -0.39 is 15.1 Å². The molecule has 0 aliphatic carbocycles. The summed E-state index contributed by atoms with van der Waals surface area (Å²) in [6.07, 6.45) is 0.182. The number of sulfone groups is 1. The fourth-order valence-corrected chi connectivity index (χ4v) is 3.14. The van der Waals surface area contributed by atoms with Gasteiger partial charge in [0.15, 0.2) is 15.6 Å². The molecule has 1 aromatic rings. The molecule has 1 aromatic carbocycles. The standard InChI is InChI=1S/C11H12Cl2O3S/c1-3-11(14)7(2)17(15,16)8-4-5-9(12)10(13)6-8/h4-7H,3H2,1-2H3. The van der Waals surface area contributed by atoms with Gasteiger partial charge in [0.25, 0.3) is 0 Å². The molecule has 0 aliphatic heterocycles. The zero-order chi connectivity index (χ0) is 13.2. The maximum Gasteiger partial charge on any atom is 0.188 e. The van der Waals surface area contributed by atoms with E-state index in [-0.39, 0.29) is 27.1 Å². The number of Topliss-reactive ketones (excluding diaryl/α,β-unsaturated/α-hetero) is 1. The van der Waals surface area contributed by atoms with Crippen LogP contribution in [0.1, 0.15) is 20.3 Å². The molecular weight excluding hydrogens is 283 g/mol. The zero-order valence-corrected chi connectivity index (χ0v) is 11.7. The van der Waals surface area contributed by atoms with Gasteiger partial charge in [-0.15, -0.1) is 0 Å². The van der Waals surface area contributed by atoms with Crippen LogP contribution in [0.2, 0.25) is 10.0 Å². The first-order chi connectivity index (χ1) is 7.80. The van der Waals surface area contributed by atoms with Crippen molar-refractivity contribution >= 4 is 38.8 Å². The minimum Gasteiger partial charge on any atom is -0.298 e. The number of carbonyl (C=O) groups is 1. The third-order valence-corrected chi connectivity index (χ3v) is 5.33. The van der Waals surface area contributed by atoms with Gasteiger partial charge in [-0.1, -0.05) is 30.1 Å². The lowest BCUT2D eigenvalue weighted by molar-refractivity contribution is -0.118. The molecule has 0 radical (unpaired) electrons. The summed E-state index contributed by atoms with van der Waals surface area (Å²) in [5.41, 5.74) is 0. The van der Waals surface area contributed by atoms with Crippen LogP contribution in [0.15, 0.2) is 23.1 Å². The second-order valence-electron chi connectivity index (χ2n) is 3.58. The first-order valence-electron chi connectivity index (χ1n) is 5.02. The fraction of sp³-hybridized carbons (Fsp3) is 0.364. The Bertz CT molecular complexity index is 538. The second kappa shape index (κ2) is 5.38.